The molecule has 3 rings (SSSR count). The van der Waals surface area contributed by atoms with Gasteiger partial charge in [-0.25, -0.2) is 9.48 Å². The standard InChI is InChI=1S/C17H23N7O2/c1-11(2)9-19-17(26)20-15(25)10-18-13-5-3-12(4-6-13)16-21-22-23-24(16)14-7-8-14/h3-6,11,14,18H,7-10H2,1-2H3,(H2,19,20,25,26). The van der Waals surface area contributed by atoms with E-state index >= 15 is 0 Å². The molecule has 9 nitrogen and oxygen atoms in total. The van der Waals surface area contributed by atoms with E-state index in [1.54, 1.807) is 0 Å². The van der Waals surface area contributed by atoms with Gasteiger partial charge in [-0.3, -0.25) is 10.1 Å². The molecule has 0 atom stereocenters. The highest BCUT2D eigenvalue weighted by Gasteiger charge is 2.28. The van der Waals surface area contributed by atoms with Crippen molar-refractivity contribution >= 4 is 17.6 Å². The molecule has 2 aromatic rings. The molecule has 1 aromatic carbocycles. The first kappa shape index (κ1) is 17.8. The van der Waals surface area contributed by atoms with E-state index < -0.39 is 11.9 Å². The van der Waals surface area contributed by atoms with Gasteiger partial charge in [0, 0.05) is 17.8 Å². The van der Waals surface area contributed by atoms with E-state index in [0.29, 0.717) is 18.5 Å². The van der Waals surface area contributed by atoms with Gasteiger partial charge in [-0.2, -0.15) is 0 Å². The van der Waals surface area contributed by atoms with Crippen LogP contribution in [0.1, 0.15) is 32.7 Å². The molecule has 1 aliphatic carbocycles. The average molecular weight is 357 g/mol. The Hall–Kier alpha value is -2.97. The van der Waals surface area contributed by atoms with E-state index in [-0.39, 0.29) is 6.54 Å². The zero-order valence-corrected chi connectivity index (χ0v) is 14.9. The first-order valence-electron chi connectivity index (χ1n) is 8.73. The summed E-state index contributed by atoms with van der Waals surface area (Å²) in [5.41, 5.74) is 1.70. The number of hydrogen-bond acceptors (Lipinski definition) is 6. The predicted octanol–water partition coefficient (Wildman–Crippen LogP) is 1.57. The summed E-state index contributed by atoms with van der Waals surface area (Å²) < 4.78 is 1.85. The Bertz CT molecular complexity index is 766. The molecule has 3 amide bonds. The van der Waals surface area contributed by atoms with Crippen LogP contribution in [0.2, 0.25) is 0 Å². The first-order valence-corrected chi connectivity index (χ1v) is 8.73. The van der Waals surface area contributed by atoms with Gasteiger partial charge < -0.3 is 10.6 Å². The maximum absolute atomic E-state index is 11.8. The van der Waals surface area contributed by atoms with Crippen molar-refractivity contribution in [3.05, 3.63) is 24.3 Å². The molecule has 0 aliphatic heterocycles. The van der Waals surface area contributed by atoms with E-state index in [4.69, 9.17) is 0 Å². The van der Waals surface area contributed by atoms with Crippen molar-refractivity contribution in [1.82, 2.24) is 30.8 Å². The normalized spacial score (nSPS) is 13.5. The Morgan fingerprint density at radius 1 is 1.23 bits per heavy atom. The van der Waals surface area contributed by atoms with E-state index in [1.165, 1.54) is 0 Å². The zero-order chi connectivity index (χ0) is 18.5. The van der Waals surface area contributed by atoms with E-state index in [9.17, 15) is 9.59 Å². The number of carbonyl (C=O) groups excluding carboxylic acids is 2. The number of urea groups is 1. The monoisotopic (exact) mass is 357 g/mol. The van der Waals surface area contributed by atoms with Gasteiger partial charge in [0.2, 0.25) is 5.91 Å². The number of aromatic nitrogens is 4. The second kappa shape index (κ2) is 7.94. The lowest BCUT2D eigenvalue weighted by Crippen LogP contribution is -2.43. The van der Waals surface area contributed by atoms with Gasteiger partial charge in [0.25, 0.3) is 0 Å². The minimum Gasteiger partial charge on any atom is -0.376 e. The van der Waals surface area contributed by atoms with Gasteiger partial charge >= 0.3 is 6.03 Å². The number of rotatable bonds is 7. The van der Waals surface area contributed by atoms with Crippen molar-refractivity contribution in [3.8, 4) is 11.4 Å². The van der Waals surface area contributed by atoms with Crippen LogP contribution in [0.25, 0.3) is 11.4 Å². The summed E-state index contributed by atoms with van der Waals surface area (Å²) >= 11 is 0. The van der Waals surface area contributed by atoms with Crippen LogP contribution in [0.4, 0.5) is 10.5 Å². The number of carbonyl (C=O) groups is 2. The summed E-state index contributed by atoms with van der Waals surface area (Å²) in [6.07, 6.45) is 2.22. The SMILES string of the molecule is CC(C)CNC(=O)NC(=O)CNc1ccc(-c2nnnn2C2CC2)cc1. The van der Waals surface area contributed by atoms with Gasteiger partial charge in [0.1, 0.15) is 0 Å². The molecular weight excluding hydrogens is 334 g/mol. The Kier molecular flexibility index (Phi) is 5.45. The number of nitrogens with one attached hydrogen (secondary N) is 3. The van der Waals surface area contributed by atoms with Crippen molar-refractivity contribution in [1.29, 1.82) is 0 Å². The van der Waals surface area contributed by atoms with Crippen LogP contribution >= 0.6 is 0 Å². The molecular formula is C17H23N7O2. The van der Waals surface area contributed by atoms with Crippen LogP contribution in [-0.2, 0) is 4.79 Å². The minimum atomic E-state index is -0.479. The van der Waals surface area contributed by atoms with Crippen LogP contribution in [0.3, 0.4) is 0 Å². The molecule has 0 spiro atoms. The molecule has 3 N–H and O–H groups in total. The zero-order valence-electron chi connectivity index (χ0n) is 14.9. The van der Waals surface area contributed by atoms with Crippen molar-refractivity contribution in [3.63, 3.8) is 0 Å². The fraction of sp³-hybridized carbons (Fsp3) is 0.471. The molecule has 0 saturated heterocycles. The molecule has 9 heteroatoms. The largest absolute Gasteiger partial charge is 0.376 e. The third kappa shape index (κ3) is 4.78. The fourth-order valence-corrected chi connectivity index (χ4v) is 2.38. The number of benzene rings is 1. The first-order chi connectivity index (χ1) is 12.5. The summed E-state index contributed by atoms with van der Waals surface area (Å²) in [7, 11) is 0. The lowest BCUT2D eigenvalue weighted by Gasteiger charge is -2.10. The van der Waals surface area contributed by atoms with Gasteiger partial charge in [-0.15, -0.1) is 5.10 Å². The molecule has 26 heavy (non-hydrogen) atoms. The maximum Gasteiger partial charge on any atom is 0.321 e. The summed E-state index contributed by atoms with van der Waals surface area (Å²) in [5, 5.41) is 19.8. The summed E-state index contributed by atoms with van der Waals surface area (Å²) in [6, 6.07) is 7.44. The smallest absolute Gasteiger partial charge is 0.321 e. The minimum absolute atomic E-state index is 0.00819. The number of hydrogen-bond donors (Lipinski definition) is 3. The summed E-state index contributed by atoms with van der Waals surface area (Å²) in [6.45, 7) is 4.50. The average Bonchev–Trinajstić information content (AvgIpc) is 3.35. The van der Waals surface area contributed by atoms with Crippen molar-refractivity contribution in [2.75, 3.05) is 18.4 Å². The van der Waals surface area contributed by atoms with Crippen LogP contribution in [0, 0.1) is 5.92 Å². The highest BCUT2D eigenvalue weighted by atomic mass is 16.2. The predicted molar refractivity (Wildman–Crippen MR) is 96.4 cm³/mol. The van der Waals surface area contributed by atoms with Crippen molar-refractivity contribution in [2.45, 2.75) is 32.7 Å². The molecule has 138 valence electrons. The van der Waals surface area contributed by atoms with E-state index in [0.717, 1.165) is 29.9 Å². The second-order valence-electron chi connectivity index (χ2n) is 6.76. The quantitative estimate of drug-likeness (QED) is 0.693. The maximum atomic E-state index is 11.8. The lowest BCUT2D eigenvalue weighted by atomic mass is 10.2. The molecule has 1 heterocycles. The second-order valence-corrected chi connectivity index (χ2v) is 6.76. The fourth-order valence-electron chi connectivity index (χ4n) is 2.38. The van der Waals surface area contributed by atoms with Crippen molar-refractivity contribution in [2.24, 2.45) is 5.92 Å². The molecule has 1 saturated carbocycles. The van der Waals surface area contributed by atoms with Gasteiger partial charge in [-0.05, 0) is 53.5 Å². The van der Waals surface area contributed by atoms with E-state index in [2.05, 4.69) is 31.5 Å². The molecule has 1 aromatic heterocycles. The van der Waals surface area contributed by atoms with Gasteiger partial charge in [0.15, 0.2) is 5.82 Å². The topological polar surface area (TPSA) is 114 Å². The number of anilines is 1. The summed E-state index contributed by atoms with van der Waals surface area (Å²) in [5.74, 6) is 0.681. The van der Waals surface area contributed by atoms with Gasteiger partial charge in [-0.1, -0.05) is 13.8 Å². The highest BCUT2D eigenvalue weighted by molar-refractivity contribution is 5.96. The molecule has 0 radical (unpaired) electrons. The van der Waals surface area contributed by atoms with Crippen LogP contribution in [0.15, 0.2) is 24.3 Å². The molecule has 1 aliphatic rings. The Morgan fingerprint density at radius 2 is 1.96 bits per heavy atom. The number of imide groups is 1. The van der Waals surface area contributed by atoms with E-state index in [1.807, 2.05) is 42.8 Å². The Morgan fingerprint density at radius 3 is 2.62 bits per heavy atom. The highest BCUT2D eigenvalue weighted by Crippen LogP contribution is 2.36. The number of nitrogens with zero attached hydrogens (tertiary/aromatic N) is 4. The van der Waals surface area contributed by atoms with Crippen LogP contribution < -0.4 is 16.0 Å². The third-order valence-electron chi connectivity index (χ3n) is 3.91. The molecule has 1 fully saturated rings. The Balaban J connectivity index is 1.49. The lowest BCUT2D eigenvalue weighted by molar-refractivity contribution is -0.118. The summed E-state index contributed by atoms with van der Waals surface area (Å²) in [4.78, 5) is 23.3. The number of tetrazole rings is 1. The van der Waals surface area contributed by atoms with Gasteiger partial charge in [0.05, 0.1) is 12.6 Å². The number of amides is 3. The molecule has 0 unspecified atom stereocenters. The molecule has 0 bridgehead atoms. The third-order valence-corrected chi connectivity index (χ3v) is 3.91. The van der Waals surface area contributed by atoms with Crippen LogP contribution in [0.5, 0.6) is 0 Å². The van der Waals surface area contributed by atoms with Crippen molar-refractivity contribution < 1.29 is 9.59 Å². The Labute approximate surface area is 151 Å². The van der Waals surface area contributed by atoms with Crippen LogP contribution in [-0.4, -0.2) is 45.2 Å².